The highest BCUT2D eigenvalue weighted by Gasteiger charge is 2.18. The molecule has 248 valence electrons. The van der Waals surface area contributed by atoms with Crippen LogP contribution in [0.5, 0.6) is 0 Å². The van der Waals surface area contributed by atoms with E-state index in [1.165, 1.54) is 48.9 Å². The summed E-state index contributed by atoms with van der Waals surface area (Å²) in [6.07, 6.45) is 0. The van der Waals surface area contributed by atoms with Crippen LogP contribution >= 0.6 is 0 Å². The molecular formula is C50H32N2O. The summed E-state index contributed by atoms with van der Waals surface area (Å²) in [5.74, 6) is 0. The first-order valence-corrected chi connectivity index (χ1v) is 18.1. The minimum atomic E-state index is 0.876. The third-order valence-electron chi connectivity index (χ3n) is 10.7. The molecule has 2 heterocycles. The van der Waals surface area contributed by atoms with E-state index in [9.17, 15) is 0 Å². The first-order chi connectivity index (χ1) is 26.3. The van der Waals surface area contributed by atoms with Gasteiger partial charge in [0.2, 0.25) is 0 Å². The van der Waals surface area contributed by atoms with Crippen molar-refractivity contribution in [2.24, 2.45) is 0 Å². The maximum Gasteiger partial charge on any atom is 0.137 e. The van der Waals surface area contributed by atoms with E-state index in [0.717, 1.165) is 50.3 Å². The predicted octanol–water partition coefficient (Wildman–Crippen LogP) is 14.1. The molecule has 3 nitrogen and oxygen atoms in total. The summed E-state index contributed by atoms with van der Waals surface area (Å²) >= 11 is 0. The fraction of sp³-hybridized carbons (Fsp3) is 0. The zero-order chi connectivity index (χ0) is 34.9. The molecule has 0 saturated heterocycles. The number of hydrogen-bond acceptors (Lipinski definition) is 2. The summed E-state index contributed by atoms with van der Waals surface area (Å²) in [6.45, 7) is 0. The first-order valence-electron chi connectivity index (χ1n) is 18.1. The maximum atomic E-state index is 6.36. The minimum Gasteiger partial charge on any atom is -0.456 e. The Morgan fingerprint density at radius 2 is 0.962 bits per heavy atom. The fourth-order valence-corrected chi connectivity index (χ4v) is 8.22. The van der Waals surface area contributed by atoms with Crippen LogP contribution in [0, 0.1) is 0 Å². The van der Waals surface area contributed by atoms with Gasteiger partial charge in [0.15, 0.2) is 0 Å². The smallest absolute Gasteiger partial charge is 0.137 e. The number of furan rings is 1. The van der Waals surface area contributed by atoms with Crippen molar-refractivity contribution < 1.29 is 4.42 Å². The van der Waals surface area contributed by atoms with Gasteiger partial charge < -0.3 is 13.9 Å². The lowest BCUT2D eigenvalue weighted by atomic mass is 10.0. The number of rotatable bonds is 5. The molecule has 0 aliphatic heterocycles. The van der Waals surface area contributed by atoms with Gasteiger partial charge in [-0.1, -0.05) is 127 Å². The van der Waals surface area contributed by atoms with Crippen LogP contribution in [0.15, 0.2) is 199 Å². The Hall–Kier alpha value is -7.10. The highest BCUT2D eigenvalue weighted by atomic mass is 16.3. The molecule has 0 aliphatic rings. The van der Waals surface area contributed by atoms with Gasteiger partial charge in [-0.25, -0.2) is 0 Å². The molecule has 0 atom stereocenters. The Labute approximate surface area is 306 Å². The highest BCUT2D eigenvalue weighted by molar-refractivity contribution is 6.19. The molecule has 11 aromatic rings. The molecule has 2 aromatic heterocycles. The number of benzene rings is 9. The van der Waals surface area contributed by atoms with Crippen molar-refractivity contribution >= 4 is 82.4 Å². The fourth-order valence-electron chi connectivity index (χ4n) is 8.22. The summed E-state index contributed by atoms with van der Waals surface area (Å²) in [7, 11) is 0. The Kier molecular flexibility index (Phi) is 6.55. The van der Waals surface area contributed by atoms with Crippen molar-refractivity contribution in [2.45, 2.75) is 0 Å². The lowest BCUT2D eigenvalue weighted by Crippen LogP contribution is -2.09. The zero-order valence-corrected chi connectivity index (χ0v) is 28.8. The predicted molar refractivity (Wildman–Crippen MR) is 223 cm³/mol. The average Bonchev–Trinajstić information content (AvgIpc) is 3.77. The Balaban J connectivity index is 1.06. The summed E-state index contributed by atoms with van der Waals surface area (Å²) < 4.78 is 8.79. The van der Waals surface area contributed by atoms with Crippen molar-refractivity contribution in [2.75, 3.05) is 4.90 Å². The van der Waals surface area contributed by atoms with Gasteiger partial charge in [0.1, 0.15) is 11.2 Å². The van der Waals surface area contributed by atoms with Crippen molar-refractivity contribution in [3.05, 3.63) is 194 Å². The Morgan fingerprint density at radius 3 is 1.83 bits per heavy atom. The van der Waals surface area contributed by atoms with Gasteiger partial charge in [-0.2, -0.15) is 0 Å². The van der Waals surface area contributed by atoms with Gasteiger partial charge in [-0.15, -0.1) is 0 Å². The van der Waals surface area contributed by atoms with E-state index in [1.54, 1.807) is 0 Å². The van der Waals surface area contributed by atoms with E-state index in [4.69, 9.17) is 4.42 Å². The number of fused-ring (bicyclic) bond motifs is 9. The van der Waals surface area contributed by atoms with Gasteiger partial charge in [0.05, 0.1) is 11.0 Å². The van der Waals surface area contributed by atoms with Crippen LogP contribution < -0.4 is 4.90 Å². The molecule has 0 unspecified atom stereocenters. The van der Waals surface area contributed by atoms with Gasteiger partial charge in [-0.3, -0.25) is 0 Å². The molecule has 11 rings (SSSR count). The van der Waals surface area contributed by atoms with E-state index in [1.807, 2.05) is 12.1 Å². The second-order valence-electron chi connectivity index (χ2n) is 13.8. The van der Waals surface area contributed by atoms with E-state index in [2.05, 4.69) is 191 Å². The van der Waals surface area contributed by atoms with Crippen LogP contribution in [0.3, 0.4) is 0 Å². The molecule has 0 amide bonds. The molecule has 0 saturated carbocycles. The molecule has 0 spiro atoms. The minimum absolute atomic E-state index is 0.876. The quantitative estimate of drug-likeness (QED) is 0.181. The Bertz CT molecular complexity index is 3170. The highest BCUT2D eigenvalue weighted by Crippen LogP contribution is 2.42. The number of para-hydroxylation sites is 2. The molecule has 0 radical (unpaired) electrons. The lowest BCUT2D eigenvalue weighted by Gasteiger charge is -2.26. The monoisotopic (exact) mass is 676 g/mol. The molecule has 9 aromatic carbocycles. The van der Waals surface area contributed by atoms with E-state index in [0.29, 0.717) is 0 Å². The molecule has 0 bridgehead atoms. The summed E-state index contributed by atoms with van der Waals surface area (Å²) in [5, 5.41) is 9.68. The third-order valence-corrected chi connectivity index (χ3v) is 10.7. The Morgan fingerprint density at radius 1 is 0.358 bits per heavy atom. The number of nitrogens with zero attached hydrogens (tertiary/aromatic N) is 2. The molecular weight excluding hydrogens is 645 g/mol. The largest absolute Gasteiger partial charge is 0.456 e. The molecule has 0 aliphatic carbocycles. The van der Waals surface area contributed by atoms with E-state index in [-0.39, 0.29) is 0 Å². The third kappa shape index (κ3) is 4.75. The zero-order valence-electron chi connectivity index (χ0n) is 28.8. The second-order valence-corrected chi connectivity index (χ2v) is 13.8. The van der Waals surface area contributed by atoms with Crippen molar-refractivity contribution in [3.8, 4) is 16.8 Å². The average molecular weight is 677 g/mol. The van der Waals surface area contributed by atoms with Crippen LogP contribution in [0.2, 0.25) is 0 Å². The van der Waals surface area contributed by atoms with Crippen LogP contribution in [-0.2, 0) is 0 Å². The topological polar surface area (TPSA) is 21.3 Å². The standard InChI is InChI=1S/C50H32N2O/c1-2-13-38(14-3-1)52-47-31-37(22-27-43(47)46-28-21-35-11-6-7-15-42(35)50(46)52)34-18-23-39(24-19-34)51(40-25-20-33-10-4-5-12-36(33)30-40)41-26-29-45-44-16-8-9-17-48(44)53-49(45)32-41/h1-32H. The molecule has 53 heavy (non-hydrogen) atoms. The first kappa shape index (κ1) is 29.6. The molecule has 3 heteroatoms. The van der Waals surface area contributed by atoms with Gasteiger partial charge in [-0.05, 0) is 87.9 Å². The second kappa shape index (κ2) is 11.7. The van der Waals surface area contributed by atoms with E-state index >= 15 is 0 Å². The van der Waals surface area contributed by atoms with Crippen LogP contribution in [0.1, 0.15) is 0 Å². The van der Waals surface area contributed by atoms with Gasteiger partial charge >= 0.3 is 0 Å². The van der Waals surface area contributed by atoms with Crippen LogP contribution in [-0.4, -0.2) is 4.57 Å². The lowest BCUT2D eigenvalue weighted by molar-refractivity contribution is 0.669. The molecule has 0 N–H and O–H groups in total. The van der Waals surface area contributed by atoms with Crippen molar-refractivity contribution in [1.29, 1.82) is 0 Å². The number of hydrogen-bond donors (Lipinski definition) is 0. The van der Waals surface area contributed by atoms with Crippen LogP contribution in [0.25, 0.3) is 82.1 Å². The van der Waals surface area contributed by atoms with E-state index < -0.39 is 0 Å². The summed E-state index contributed by atoms with van der Waals surface area (Å²) in [6, 6.07) is 69.8. The normalized spacial score (nSPS) is 11.8. The maximum absolute atomic E-state index is 6.36. The summed E-state index contributed by atoms with van der Waals surface area (Å²) in [5.41, 5.74) is 10.9. The summed E-state index contributed by atoms with van der Waals surface area (Å²) in [4.78, 5) is 2.32. The number of anilines is 3. The molecule has 0 fully saturated rings. The SMILES string of the molecule is c1ccc(-n2c3cc(-c4ccc(N(c5ccc6ccccc6c5)c5ccc6c(c5)oc5ccccc56)cc4)ccc3c3ccc4ccccc4c32)cc1. The van der Waals surface area contributed by atoms with Crippen LogP contribution in [0.4, 0.5) is 17.1 Å². The van der Waals surface area contributed by atoms with Gasteiger partial charge in [0.25, 0.3) is 0 Å². The van der Waals surface area contributed by atoms with Crippen molar-refractivity contribution in [3.63, 3.8) is 0 Å². The van der Waals surface area contributed by atoms with Gasteiger partial charge in [0, 0.05) is 55.7 Å². The number of aromatic nitrogens is 1. The van der Waals surface area contributed by atoms with Crippen molar-refractivity contribution in [1.82, 2.24) is 4.57 Å².